The lowest BCUT2D eigenvalue weighted by atomic mass is 10.1. The van der Waals surface area contributed by atoms with Crippen LogP contribution in [-0.4, -0.2) is 30.1 Å². The number of likely N-dealkylation sites (N-methyl/N-ethyl adjacent to an activating group) is 1. The number of hydrogen-bond acceptors (Lipinski definition) is 4. The molecule has 1 aromatic carbocycles. The molecule has 0 saturated heterocycles. The second-order valence-electron chi connectivity index (χ2n) is 5.14. The van der Waals surface area contributed by atoms with Crippen LogP contribution in [0.15, 0.2) is 48.8 Å². The summed E-state index contributed by atoms with van der Waals surface area (Å²) < 4.78 is 5.65. The van der Waals surface area contributed by atoms with E-state index in [2.05, 4.69) is 23.0 Å². The van der Waals surface area contributed by atoms with Crippen LogP contribution < -0.4 is 10.5 Å². The average molecular weight is 285 g/mol. The summed E-state index contributed by atoms with van der Waals surface area (Å²) in [6.07, 6.45) is 3.67. The van der Waals surface area contributed by atoms with Gasteiger partial charge in [-0.25, -0.2) is 0 Å². The van der Waals surface area contributed by atoms with E-state index in [1.54, 1.807) is 6.20 Å². The van der Waals surface area contributed by atoms with Crippen molar-refractivity contribution in [2.24, 2.45) is 5.73 Å². The second kappa shape index (κ2) is 7.76. The van der Waals surface area contributed by atoms with Crippen molar-refractivity contribution in [2.75, 3.05) is 20.2 Å². The molecule has 0 aliphatic heterocycles. The maximum Gasteiger partial charge on any atom is 0.124 e. The predicted molar refractivity (Wildman–Crippen MR) is 85.1 cm³/mol. The summed E-state index contributed by atoms with van der Waals surface area (Å²) in [6, 6.07) is 11.9. The molecule has 0 bridgehead atoms. The van der Waals surface area contributed by atoms with E-state index in [1.165, 1.54) is 5.56 Å². The number of benzene rings is 1. The minimum absolute atomic E-state index is 0.0746. The molecule has 21 heavy (non-hydrogen) atoms. The lowest BCUT2D eigenvalue weighted by molar-refractivity contribution is 0.295. The van der Waals surface area contributed by atoms with Crippen molar-refractivity contribution in [3.8, 4) is 5.75 Å². The highest BCUT2D eigenvalue weighted by molar-refractivity contribution is 5.36. The Labute approximate surface area is 126 Å². The summed E-state index contributed by atoms with van der Waals surface area (Å²) in [5.74, 6) is 0.877. The monoisotopic (exact) mass is 285 g/mol. The third kappa shape index (κ3) is 4.55. The van der Waals surface area contributed by atoms with E-state index in [-0.39, 0.29) is 6.04 Å². The van der Waals surface area contributed by atoms with Crippen LogP contribution in [0.3, 0.4) is 0 Å². The quantitative estimate of drug-likeness (QED) is 0.849. The zero-order valence-corrected chi connectivity index (χ0v) is 12.7. The number of ether oxygens (including phenoxy) is 1. The summed E-state index contributed by atoms with van der Waals surface area (Å²) in [5.41, 5.74) is 8.58. The van der Waals surface area contributed by atoms with Crippen LogP contribution in [0, 0.1) is 0 Å². The van der Waals surface area contributed by atoms with E-state index < -0.39 is 0 Å². The van der Waals surface area contributed by atoms with Crippen LogP contribution in [0.2, 0.25) is 0 Å². The molecule has 0 aliphatic carbocycles. The minimum Gasteiger partial charge on any atom is -0.494 e. The molecule has 2 aromatic rings. The number of hydrogen-bond donors (Lipinski definition) is 1. The number of rotatable bonds is 7. The molecular weight excluding hydrogens is 262 g/mol. The van der Waals surface area contributed by atoms with Crippen LogP contribution in [0.5, 0.6) is 5.75 Å². The zero-order chi connectivity index (χ0) is 15.1. The van der Waals surface area contributed by atoms with Crippen molar-refractivity contribution in [2.45, 2.75) is 19.5 Å². The maximum atomic E-state index is 6.34. The molecule has 0 fully saturated rings. The molecule has 1 aromatic heterocycles. The highest BCUT2D eigenvalue weighted by atomic mass is 16.5. The molecule has 0 spiro atoms. The molecule has 1 atom stereocenters. The van der Waals surface area contributed by atoms with Crippen LogP contribution in [0.25, 0.3) is 0 Å². The Bertz CT molecular complexity index is 545. The standard InChI is InChI=1S/C17H23N3O/c1-3-21-17-9-5-4-8-15(17)16(18)13-20(2)12-14-7-6-10-19-11-14/h4-11,16H,3,12-13,18H2,1-2H3. The maximum absolute atomic E-state index is 6.34. The fourth-order valence-electron chi connectivity index (χ4n) is 2.38. The topological polar surface area (TPSA) is 51.4 Å². The van der Waals surface area contributed by atoms with Gasteiger partial charge in [-0.05, 0) is 31.7 Å². The summed E-state index contributed by atoms with van der Waals surface area (Å²) in [4.78, 5) is 6.33. The largest absolute Gasteiger partial charge is 0.494 e. The Kier molecular flexibility index (Phi) is 5.72. The normalized spacial score (nSPS) is 12.4. The van der Waals surface area contributed by atoms with Crippen LogP contribution >= 0.6 is 0 Å². The Morgan fingerprint density at radius 2 is 2.05 bits per heavy atom. The Balaban J connectivity index is 1.99. The number of nitrogens with two attached hydrogens (primary N) is 1. The van der Waals surface area contributed by atoms with Gasteiger partial charge < -0.3 is 15.4 Å². The first-order valence-electron chi connectivity index (χ1n) is 7.25. The summed E-state index contributed by atoms with van der Waals surface area (Å²) in [5, 5.41) is 0. The Morgan fingerprint density at radius 1 is 1.24 bits per heavy atom. The van der Waals surface area contributed by atoms with Gasteiger partial charge in [-0.1, -0.05) is 24.3 Å². The smallest absolute Gasteiger partial charge is 0.124 e. The molecule has 4 heteroatoms. The van der Waals surface area contributed by atoms with Crippen LogP contribution in [-0.2, 0) is 6.54 Å². The van der Waals surface area contributed by atoms with Gasteiger partial charge in [-0.3, -0.25) is 4.98 Å². The molecule has 4 nitrogen and oxygen atoms in total. The van der Waals surface area contributed by atoms with Gasteiger partial charge in [0.25, 0.3) is 0 Å². The second-order valence-corrected chi connectivity index (χ2v) is 5.14. The van der Waals surface area contributed by atoms with E-state index >= 15 is 0 Å². The third-order valence-corrected chi connectivity index (χ3v) is 3.30. The molecule has 1 unspecified atom stereocenters. The molecule has 0 amide bonds. The first-order valence-corrected chi connectivity index (χ1v) is 7.25. The fourth-order valence-corrected chi connectivity index (χ4v) is 2.38. The van der Waals surface area contributed by atoms with E-state index in [0.29, 0.717) is 6.61 Å². The van der Waals surface area contributed by atoms with Crippen molar-refractivity contribution in [3.63, 3.8) is 0 Å². The molecule has 0 radical (unpaired) electrons. The third-order valence-electron chi connectivity index (χ3n) is 3.30. The van der Waals surface area contributed by atoms with E-state index in [9.17, 15) is 0 Å². The number of pyridine rings is 1. The Hall–Kier alpha value is -1.91. The number of para-hydroxylation sites is 1. The van der Waals surface area contributed by atoms with Gasteiger partial charge in [0.2, 0.25) is 0 Å². The van der Waals surface area contributed by atoms with Gasteiger partial charge in [0.05, 0.1) is 6.61 Å². The van der Waals surface area contributed by atoms with Crippen molar-refractivity contribution in [1.29, 1.82) is 0 Å². The van der Waals surface area contributed by atoms with Gasteiger partial charge in [0.15, 0.2) is 0 Å². The summed E-state index contributed by atoms with van der Waals surface area (Å²) in [7, 11) is 2.07. The fraction of sp³-hybridized carbons (Fsp3) is 0.353. The van der Waals surface area contributed by atoms with Crippen molar-refractivity contribution in [1.82, 2.24) is 9.88 Å². The zero-order valence-electron chi connectivity index (χ0n) is 12.7. The van der Waals surface area contributed by atoms with Crippen LogP contribution in [0.4, 0.5) is 0 Å². The van der Waals surface area contributed by atoms with Gasteiger partial charge in [0.1, 0.15) is 5.75 Å². The number of aromatic nitrogens is 1. The Morgan fingerprint density at radius 3 is 2.76 bits per heavy atom. The van der Waals surface area contributed by atoms with Crippen molar-refractivity contribution in [3.05, 3.63) is 59.9 Å². The van der Waals surface area contributed by atoms with E-state index in [0.717, 1.165) is 24.4 Å². The molecule has 2 rings (SSSR count). The SMILES string of the molecule is CCOc1ccccc1C(N)CN(C)Cc1cccnc1. The molecule has 112 valence electrons. The van der Waals surface area contributed by atoms with Gasteiger partial charge >= 0.3 is 0 Å². The number of nitrogens with zero attached hydrogens (tertiary/aromatic N) is 2. The van der Waals surface area contributed by atoms with Gasteiger partial charge in [-0.2, -0.15) is 0 Å². The summed E-state index contributed by atoms with van der Waals surface area (Å²) >= 11 is 0. The molecule has 0 aliphatic rings. The highest BCUT2D eigenvalue weighted by Gasteiger charge is 2.14. The van der Waals surface area contributed by atoms with E-state index in [1.807, 2.05) is 43.5 Å². The van der Waals surface area contributed by atoms with Crippen molar-refractivity contribution >= 4 is 0 Å². The predicted octanol–water partition coefficient (Wildman–Crippen LogP) is 2.61. The van der Waals surface area contributed by atoms with Crippen molar-refractivity contribution < 1.29 is 4.74 Å². The lowest BCUT2D eigenvalue weighted by Crippen LogP contribution is -2.29. The first-order chi connectivity index (χ1) is 10.2. The average Bonchev–Trinajstić information content (AvgIpc) is 2.49. The van der Waals surface area contributed by atoms with Crippen LogP contribution in [0.1, 0.15) is 24.1 Å². The van der Waals surface area contributed by atoms with E-state index in [4.69, 9.17) is 10.5 Å². The molecule has 0 saturated carbocycles. The van der Waals surface area contributed by atoms with Gasteiger partial charge in [0, 0.05) is 37.1 Å². The lowest BCUT2D eigenvalue weighted by Gasteiger charge is -2.23. The molecule has 2 N–H and O–H groups in total. The first kappa shape index (κ1) is 15.5. The molecular formula is C17H23N3O. The minimum atomic E-state index is -0.0746. The molecule has 1 heterocycles. The highest BCUT2D eigenvalue weighted by Crippen LogP contribution is 2.24. The summed E-state index contributed by atoms with van der Waals surface area (Å²) in [6.45, 7) is 4.23. The van der Waals surface area contributed by atoms with Gasteiger partial charge in [-0.15, -0.1) is 0 Å².